The van der Waals surface area contributed by atoms with Crippen LogP contribution in [0.5, 0.6) is 0 Å². The lowest BCUT2D eigenvalue weighted by Gasteiger charge is -2.11. The van der Waals surface area contributed by atoms with Crippen LogP contribution in [0.4, 0.5) is 4.39 Å². The van der Waals surface area contributed by atoms with Crippen LogP contribution in [0.3, 0.4) is 0 Å². The van der Waals surface area contributed by atoms with Crippen LogP contribution in [-0.2, 0) is 4.79 Å². The second-order valence-corrected chi connectivity index (χ2v) is 5.38. The molecule has 24 heavy (non-hydrogen) atoms. The summed E-state index contributed by atoms with van der Waals surface area (Å²) in [6.45, 7) is 3.46. The Labute approximate surface area is 138 Å². The van der Waals surface area contributed by atoms with E-state index in [2.05, 4.69) is 20.8 Å². The van der Waals surface area contributed by atoms with Crippen molar-refractivity contribution in [3.8, 4) is 0 Å². The molecule has 2 aromatic carbocycles. The summed E-state index contributed by atoms with van der Waals surface area (Å²) in [7, 11) is 0. The minimum atomic E-state index is -0.567. The number of hydrogen-bond donors (Lipinski definition) is 1. The summed E-state index contributed by atoms with van der Waals surface area (Å²) >= 11 is 0. The molecule has 1 atom stereocenters. The molecule has 0 aliphatic rings. The highest BCUT2D eigenvalue weighted by Crippen LogP contribution is 2.15. The van der Waals surface area contributed by atoms with Crippen molar-refractivity contribution < 1.29 is 9.18 Å². The Kier molecular flexibility index (Phi) is 4.33. The van der Waals surface area contributed by atoms with Gasteiger partial charge in [-0.05, 0) is 43.7 Å². The molecule has 0 aliphatic heterocycles. The van der Waals surface area contributed by atoms with Crippen LogP contribution >= 0.6 is 0 Å². The molecule has 1 amide bonds. The van der Waals surface area contributed by atoms with E-state index in [1.54, 1.807) is 30.7 Å². The Morgan fingerprint density at radius 2 is 1.92 bits per heavy atom. The first-order valence-corrected chi connectivity index (χ1v) is 7.46. The molecule has 0 saturated heterocycles. The number of rotatable bonds is 4. The van der Waals surface area contributed by atoms with Gasteiger partial charge in [0, 0.05) is 0 Å². The number of hydrogen-bond acceptors (Lipinski definition) is 4. The maximum absolute atomic E-state index is 12.9. The Hall–Kier alpha value is -3.09. The van der Waals surface area contributed by atoms with E-state index in [1.165, 1.54) is 12.1 Å². The first-order valence-electron chi connectivity index (χ1n) is 7.46. The number of carbonyl (C=O) groups excluding carboxylic acids is 1. The maximum atomic E-state index is 12.9. The van der Waals surface area contributed by atoms with Gasteiger partial charge in [0.05, 0.1) is 11.2 Å². The van der Waals surface area contributed by atoms with E-state index in [4.69, 9.17) is 0 Å². The minimum absolute atomic E-state index is 0.313. The molecule has 0 radical (unpaired) electrons. The predicted octanol–water partition coefficient (Wildman–Crippen LogP) is 2.67. The molecule has 6 nitrogen and oxygen atoms in total. The van der Waals surface area contributed by atoms with Crippen molar-refractivity contribution >= 4 is 22.7 Å². The third-order valence-electron chi connectivity index (χ3n) is 3.72. The molecule has 1 unspecified atom stereocenters. The van der Waals surface area contributed by atoms with Crippen LogP contribution in [0.2, 0.25) is 0 Å². The number of amides is 1. The van der Waals surface area contributed by atoms with Gasteiger partial charge in [-0.25, -0.2) is 14.5 Å². The molecule has 3 rings (SSSR count). The van der Waals surface area contributed by atoms with Gasteiger partial charge in [-0.1, -0.05) is 29.5 Å². The van der Waals surface area contributed by atoms with E-state index in [-0.39, 0.29) is 11.7 Å². The molecule has 0 aliphatic carbocycles. The van der Waals surface area contributed by atoms with Gasteiger partial charge in [0.25, 0.3) is 5.91 Å². The number of nitrogens with one attached hydrogen (secondary N) is 1. The second-order valence-electron chi connectivity index (χ2n) is 5.38. The SMILES string of the molecule is C/C(=N\NC(=O)C(C)n1nnc2ccccc21)c1ccc(F)cc1. The number of nitrogens with zero attached hydrogens (tertiary/aromatic N) is 4. The molecule has 3 aromatic rings. The third-order valence-corrected chi connectivity index (χ3v) is 3.72. The van der Waals surface area contributed by atoms with Crippen molar-refractivity contribution in [2.45, 2.75) is 19.9 Å². The quantitative estimate of drug-likeness (QED) is 0.592. The molecule has 0 spiro atoms. The predicted molar refractivity (Wildman–Crippen MR) is 89.0 cm³/mol. The minimum Gasteiger partial charge on any atom is -0.271 e. The van der Waals surface area contributed by atoms with Crippen molar-refractivity contribution in [3.05, 3.63) is 59.9 Å². The van der Waals surface area contributed by atoms with Crippen LogP contribution in [-0.4, -0.2) is 26.6 Å². The molecular weight excluding hydrogens is 309 g/mol. The highest BCUT2D eigenvalue weighted by molar-refractivity contribution is 5.99. The largest absolute Gasteiger partial charge is 0.271 e. The summed E-state index contributed by atoms with van der Waals surface area (Å²) in [6, 6.07) is 12.8. The fourth-order valence-electron chi connectivity index (χ4n) is 2.27. The number of carbonyl (C=O) groups is 1. The Morgan fingerprint density at radius 1 is 1.21 bits per heavy atom. The molecule has 1 N–H and O–H groups in total. The number of benzene rings is 2. The first kappa shape index (κ1) is 15.8. The molecular formula is C17H16FN5O. The van der Waals surface area contributed by atoms with E-state index in [0.717, 1.165) is 16.6 Å². The normalized spacial score (nSPS) is 13.0. The summed E-state index contributed by atoms with van der Waals surface area (Å²) in [5.74, 6) is -0.630. The van der Waals surface area contributed by atoms with Crippen molar-refractivity contribution in [3.63, 3.8) is 0 Å². The summed E-state index contributed by atoms with van der Waals surface area (Å²) in [6.07, 6.45) is 0. The Bertz CT molecular complexity index is 901. The van der Waals surface area contributed by atoms with Gasteiger partial charge in [0.1, 0.15) is 17.4 Å². The van der Waals surface area contributed by atoms with E-state index in [1.807, 2.05) is 24.3 Å². The van der Waals surface area contributed by atoms with Crippen LogP contribution in [0.15, 0.2) is 53.6 Å². The van der Waals surface area contributed by atoms with Crippen molar-refractivity contribution in [1.82, 2.24) is 20.4 Å². The monoisotopic (exact) mass is 325 g/mol. The number of fused-ring (bicyclic) bond motifs is 1. The van der Waals surface area contributed by atoms with Gasteiger partial charge in [-0.15, -0.1) is 5.10 Å². The molecule has 122 valence electrons. The summed E-state index contributed by atoms with van der Waals surface area (Å²) in [5, 5.41) is 12.1. The zero-order chi connectivity index (χ0) is 17.1. The fourth-order valence-corrected chi connectivity index (χ4v) is 2.27. The van der Waals surface area contributed by atoms with E-state index >= 15 is 0 Å². The van der Waals surface area contributed by atoms with Gasteiger partial charge < -0.3 is 0 Å². The van der Waals surface area contributed by atoms with Crippen LogP contribution in [0, 0.1) is 5.82 Å². The van der Waals surface area contributed by atoms with Gasteiger partial charge in [-0.3, -0.25) is 4.79 Å². The highest BCUT2D eigenvalue weighted by Gasteiger charge is 2.18. The van der Waals surface area contributed by atoms with Gasteiger partial charge in [0.15, 0.2) is 0 Å². The molecule has 0 fully saturated rings. The zero-order valence-corrected chi connectivity index (χ0v) is 13.3. The smallest absolute Gasteiger partial charge is 0.264 e. The standard InChI is InChI=1S/C17H16FN5O/c1-11(13-7-9-14(18)10-8-13)19-21-17(24)12(2)23-16-6-4-3-5-15(16)20-22-23/h3-10,12H,1-2H3,(H,21,24)/b19-11+. The second kappa shape index (κ2) is 6.57. The average molecular weight is 325 g/mol. The Balaban J connectivity index is 1.74. The summed E-state index contributed by atoms with van der Waals surface area (Å²) in [5.41, 5.74) is 5.33. The zero-order valence-electron chi connectivity index (χ0n) is 13.3. The average Bonchev–Trinajstić information content (AvgIpc) is 3.03. The number of halogens is 1. The van der Waals surface area contributed by atoms with Crippen LogP contribution < -0.4 is 5.43 Å². The fraction of sp³-hybridized carbons (Fsp3) is 0.176. The lowest BCUT2D eigenvalue weighted by Crippen LogP contribution is -2.28. The summed E-state index contributed by atoms with van der Waals surface area (Å²) in [4.78, 5) is 12.3. The Morgan fingerprint density at radius 3 is 2.67 bits per heavy atom. The number of aromatic nitrogens is 3. The summed E-state index contributed by atoms with van der Waals surface area (Å²) < 4.78 is 14.5. The van der Waals surface area contributed by atoms with E-state index in [9.17, 15) is 9.18 Å². The van der Waals surface area contributed by atoms with Gasteiger partial charge >= 0.3 is 0 Å². The van der Waals surface area contributed by atoms with Crippen molar-refractivity contribution in [2.24, 2.45) is 5.10 Å². The molecule has 1 heterocycles. The lowest BCUT2D eigenvalue weighted by molar-refractivity contribution is -0.124. The molecule has 7 heteroatoms. The van der Waals surface area contributed by atoms with Crippen LogP contribution in [0.25, 0.3) is 11.0 Å². The highest BCUT2D eigenvalue weighted by atomic mass is 19.1. The maximum Gasteiger partial charge on any atom is 0.264 e. The first-order chi connectivity index (χ1) is 11.6. The van der Waals surface area contributed by atoms with Gasteiger partial charge in [-0.2, -0.15) is 5.10 Å². The number of para-hydroxylation sites is 1. The lowest BCUT2D eigenvalue weighted by atomic mass is 10.1. The number of hydrazone groups is 1. The molecule has 0 saturated carbocycles. The van der Waals surface area contributed by atoms with Crippen molar-refractivity contribution in [1.29, 1.82) is 0 Å². The van der Waals surface area contributed by atoms with Gasteiger partial charge in [0.2, 0.25) is 0 Å². The van der Waals surface area contributed by atoms with E-state index < -0.39 is 6.04 Å². The molecule has 0 bridgehead atoms. The van der Waals surface area contributed by atoms with Crippen molar-refractivity contribution in [2.75, 3.05) is 0 Å². The van der Waals surface area contributed by atoms with Crippen LogP contribution in [0.1, 0.15) is 25.5 Å². The third kappa shape index (κ3) is 3.15. The topological polar surface area (TPSA) is 72.2 Å². The molecule has 1 aromatic heterocycles. The van der Waals surface area contributed by atoms with E-state index in [0.29, 0.717) is 5.71 Å².